The molecule has 2 aromatic carbocycles. The van der Waals surface area contributed by atoms with Gasteiger partial charge in [0.05, 0.1) is 0 Å². The van der Waals surface area contributed by atoms with Gasteiger partial charge in [-0.2, -0.15) is 0 Å². The number of fused-ring (bicyclic) bond motifs is 1. The van der Waals surface area contributed by atoms with E-state index >= 15 is 0 Å². The zero-order valence-corrected chi connectivity index (χ0v) is 16.3. The minimum Gasteiger partial charge on any atom is -0.346 e. The van der Waals surface area contributed by atoms with Crippen molar-refractivity contribution >= 4 is 23.0 Å². The molecule has 0 unspecified atom stereocenters. The minimum atomic E-state index is 0.664. The maximum Gasteiger partial charge on any atom is 0.173 e. The first kappa shape index (κ1) is 17.5. The summed E-state index contributed by atoms with van der Waals surface area (Å²) in [4.78, 5) is 4.97. The van der Waals surface area contributed by atoms with E-state index in [1.54, 1.807) is 0 Å². The lowest BCUT2D eigenvalue weighted by atomic mass is 10.1. The van der Waals surface area contributed by atoms with Crippen LogP contribution >= 0.6 is 12.2 Å². The van der Waals surface area contributed by atoms with Gasteiger partial charge in [-0.1, -0.05) is 49.4 Å². The molecule has 0 aromatic heterocycles. The average molecular weight is 366 g/mol. The molecule has 1 aliphatic heterocycles. The number of rotatable bonds is 3. The monoisotopic (exact) mass is 365 g/mol. The molecule has 2 aromatic rings. The van der Waals surface area contributed by atoms with Crippen LogP contribution in [0.4, 0.5) is 5.69 Å². The molecule has 3 nitrogen and oxygen atoms in total. The van der Waals surface area contributed by atoms with Gasteiger partial charge in [0.2, 0.25) is 0 Å². The molecular weight excluding hydrogens is 338 g/mol. The highest BCUT2D eigenvalue weighted by molar-refractivity contribution is 7.80. The number of anilines is 1. The number of thiocarbonyl (C=S) groups is 1. The second kappa shape index (κ2) is 7.77. The standard InChI is InChI=1S/C22H27N3S/c1-2-17-7-5-6-10-21(17)23-22(26)25-13-11-24(12-14-25)20-15-18-8-3-4-9-19(18)16-20/h3-10,20H,2,11-16H2,1H3,(H,23,26). The molecule has 1 heterocycles. The first-order valence-electron chi connectivity index (χ1n) is 9.69. The lowest BCUT2D eigenvalue weighted by molar-refractivity contribution is 0.137. The van der Waals surface area contributed by atoms with Gasteiger partial charge in [-0.15, -0.1) is 0 Å². The third-order valence-corrected chi connectivity index (χ3v) is 6.15. The maximum atomic E-state index is 5.69. The van der Waals surface area contributed by atoms with Crippen LogP contribution in [0.5, 0.6) is 0 Å². The number of nitrogens with zero attached hydrogens (tertiary/aromatic N) is 2. The fourth-order valence-corrected chi connectivity index (χ4v) is 4.52. The third kappa shape index (κ3) is 3.62. The second-order valence-corrected chi connectivity index (χ2v) is 7.68. The first-order valence-corrected chi connectivity index (χ1v) is 10.1. The fraction of sp³-hybridized carbons (Fsp3) is 0.409. The molecule has 0 spiro atoms. The Morgan fingerprint density at radius 3 is 2.23 bits per heavy atom. The lowest BCUT2D eigenvalue weighted by Crippen LogP contribution is -2.53. The van der Waals surface area contributed by atoms with Crippen LogP contribution in [0.15, 0.2) is 48.5 Å². The van der Waals surface area contributed by atoms with Crippen LogP contribution in [0, 0.1) is 0 Å². The Balaban J connectivity index is 1.32. The largest absolute Gasteiger partial charge is 0.346 e. The fourth-order valence-electron chi connectivity index (χ4n) is 4.23. The summed E-state index contributed by atoms with van der Waals surface area (Å²) >= 11 is 5.69. The Bertz CT molecular complexity index is 755. The van der Waals surface area contributed by atoms with E-state index in [2.05, 4.69) is 70.6 Å². The Morgan fingerprint density at radius 1 is 0.962 bits per heavy atom. The van der Waals surface area contributed by atoms with E-state index in [-0.39, 0.29) is 0 Å². The van der Waals surface area contributed by atoms with Gasteiger partial charge in [-0.3, -0.25) is 4.90 Å². The van der Waals surface area contributed by atoms with Gasteiger partial charge >= 0.3 is 0 Å². The summed E-state index contributed by atoms with van der Waals surface area (Å²) in [6, 6.07) is 18.0. The summed E-state index contributed by atoms with van der Waals surface area (Å²) in [5.41, 5.74) is 5.53. The smallest absolute Gasteiger partial charge is 0.173 e. The van der Waals surface area contributed by atoms with Crippen molar-refractivity contribution in [1.82, 2.24) is 9.80 Å². The van der Waals surface area contributed by atoms with Crippen LogP contribution in [-0.4, -0.2) is 47.1 Å². The molecule has 4 heteroatoms. The van der Waals surface area contributed by atoms with Crippen molar-refractivity contribution in [1.29, 1.82) is 0 Å². The molecule has 0 bridgehead atoms. The third-order valence-electron chi connectivity index (χ3n) is 5.79. The molecule has 0 atom stereocenters. The molecule has 1 saturated heterocycles. The number of para-hydroxylation sites is 1. The van der Waals surface area contributed by atoms with E-state index in [9.17, 15) is 0 Å². The van der Waals surface area contributed by atoms with Crippen LogP contribution in [0.25, 0.3) is 0 Å². The average Bonchev–Trinajstić information content (AvgIpc) is 3.13. The maximum absolute atomic E-state index is 5.69. The summed E-state index contributed by atoms with van der Waals surface area (Å²) in [5, 5.41) is 4.33. The van der Waals surface area contributed by atoms with Gasteiger partial charge in [-0.05, 0) is 54.2 Å². The first-order chi connectivity index (χ1) is 12.7. The summed E-state index contributed by atoms with van der Waals surface area (Å²) in [6.07, 6.45) is 3.41. The molecule has 4 rings (SSSR count). The Hall–Kier alpha value is -1.91. The number of hydrogen-bond donors (Lipinski definition) is 1. The van der Waals surface area contributed by atoms with Crippen molar-refractivity contribution in [3.05, 3.63) is 65.2 Å². The van der Waals surface area contributed by atoms with Crippen LogP contribution < -0.4 is 5.32 Å². The molecule has 1 N–H and O–H groups in total. The predicted molar refractivity (Wildman–Crippen MR) is 113 cm³/mol. The normalized spacial score (nSPS) is 18.0. The van der Waals surface area contributed by atoms with Crippen molar-refractivity contribution in [3.8, 4) is 0 Å². The van der Waals surface area contributed by atoms with Crippen LogP contribution in [0.1, 0.15) is 23.6 Å². The number of hydrogen-bond acceptors (Lipinski definition) is 2. The molecule has 0 amide bonds. The molecule has 26 heavy (non-hydrogen) atoms. The molecule has 1 aliphatic carbocycles. The van der Waals surface area contributed by atoms with Gasteiger partial charge in [-0.25, -0.2) is 0 Å². The van der Waals surface area contributed by atoms with E-state index < -0.39 is 0 Å². The van der Waals surface area contributed by atoms with Crippen LogP contribution in [0.2, 0.25) is 0 Å². The van der Waals surface area contributed by atoms with Crippen molar-refractivity contribution in [2.45, 2.75) is 32.2 Å². The summed E-state index contributed by atoms with van der Waals surface area (Å²) in [5.74, 6) is 0. The molecule has 0 radical (unpaired) electrons. The van der Waals surface area contributed by atoms with Crippen molar-refractivity contribution < 1.29 is 0 Å². The molecule has 0 saturated carbocycles. The summed E-state index contributed by atoms with van der Waals surface area (Å²) < 4.78 is 0. The minimum absolute atomic E-state index is 0.664. The van der Waals surface area contributed by atoms with Crippen molar-refractivity contribution in [2.24, 2.45) is 0 Å². The van der Waals surface area contributed by atoms with E-state index in [4.69, 9.17) is 12.2 Å². The van der Waals surface area contributed by atoms with Crippen LogP contribution in [-0.2, 0) is 19.3 Å². The van der Waals surface area contributed by atoms with E-state index in [0.717, 1.165) is 43.4 Å². The van der Waals surface area contributed by atoms with Gasteiger partial charge < -0.3 is 10.2 Å². The quantitative estimate of drug-likeness (QED) is 0.835. The molecule has 2 aliphatic rings. The number of nitrogens with one attached hydrogen (secondary N) is 1. The van der Waals surface area contributed by atoms with E-state index in [0.29, 0.717) is 6.04 Å². The summed E-state index contributed by atoms with van der Waals surface area (Å²) in [7, 11) is 0. The Kier molecular flexibility index (Phi) is 5.23. The van der Waals surface area contributed by atoms with Crippen molar-refractivity contribution in [3.63, 3.8) is 0 Å². The van der Waals surface area contributed by atoms with Gasteiger partial charge in [0.15, 0.2) is 5.11 Å². The highest BCUT2D eigenvalue weighted by Gasteiger charge is 2.29. The van der Waals surface area contributed by atoms with E-state index in [1.165, 1.54) is 29.5 Å². The zero-order valence-electron chi connectivity index (χ0n) is 15.4. The Morgan fingerprint density at radius 2 is 1.58 bits per heavy atom. The highest BCUT2D eigenvalue weighted by Crippen LogP contribution is 2.26. The van der Waals surface area contributed by atoms with Gasteiger partial charge in [0.25, 0.3) is 0 Å². The Labute approximate surface area is 162 Å². The number of piperazine rings is 1. The topological polar surface area (TPSA) is 18.5 Å². The molecular formula is C22H27N3S. The molecule has 1 fully saturated rings. The zero-order chi connectivity index (χ0) is 17.9. The second-order valence-electron chi connectivity index (χ2n) is 7.29. The number of aryl methyl sites for hydroxylation is 1. The molecule has 136 valence electrons. The summed E-state index contributed by atoms with van der Waals surface area (Å²) in [6.45, 7) is 6.38. The van der Waals surface area contributed by atoms with Gasteiger partial charge in [0, 0.05) is 37.9 Å². The van der Waals surface area contributed by atoms with Crippen molar-refractivity contribution in [2.75, 3.05) is 31.5 Å². The van der Waals surface area contributed by atoms with E-state index in [1.807, 2.05) is 0 Å². The SMILES string of the molecule is CCc1ccccc1NC(=S)N1CCN(C2Cc3ccccc3C2)CC1. The van der Waals surface area contributed by atoms with Crippen LogP contribution in [0.3, 0.4) is 0 Å². The number of benzene rings is 2. The lowest BCUT2D eigenvalue weighted by Gasteiger charge is -2.39. The predicted octanol–water partition coefficient (Wildman–Crippen LogP) is 3.73. The highest BCUT2D eigenvalue weighted by atomic mass is 32.1. The van der Waals surface area contributed by atoms with Gasteiger partial charge in [0.1, 0.15) is 0 Å².